The van der Waals surface area contributed by atoms with Gasteiger partial charge in [-0.3, -0.25) is 4.79 Å². The zero-order valence-electron chi connectivity index (χ0n) is 15.2. The molecule has 0 bridgehead atoms. The van der Waals surface area contributed by atoms with E-state index < -0.39 is 70.1 Å². The number of carbonyl (C=O) groups excluding carboxylic acids is 1. The largest absolute Gasteiger partial charge is 0.504 e. The van der Waals surface area contributed by atoms with Crippen molar-refractivity contribution in [3.8, 4) is 28.7 Å². The van der Waals surface area contributed by atoms with Crippen LogP contribution >= 0.6 is 0 Å². The summed E-state index contributed by atoms with van der Waals surface area (Å²) in [5.41, 5.74) is -4.36. The molecular weight excluding hydrogens is 414 g/mol. The molecule has 1 saturated heterocycles. The molecule has 30 heavy (non-hydrogen) atoms. The Hall–Kier alpha value is -2.59. The number of phenolic OH excluding ortho intramolecular Hbond substituents is 3. The number of phenols is 3. The van der Waals surface area contributed by atoms with Crippen LogP contribution < -0.4 is 14.8 Å². The number of carbonyl (C=O) groups is 1. The lowest BCUT2D eigenvalue weighted by atomic mass is 9.85. The minimum atomic E-state index is -3.95. The van der Waals surface area contributed by atoms with Gasteiger partial charge in [-0.25, -0.2) is 0 Å². The number of rotatable bonds is 5. The smallest absolute Gasteiger partial charge is 0.453 e. The first-order valence-corrected chi connectivity index (χ1v) is 8.67. The minimum Gasteiger partial charge on any atom is -0.504 e. The Morgan fingerprint density at radius 1 is 0.867 bits per heavy atom. The van der Waals surface area contributed by atoms with Crippen molar-refractivity contribution in [3.05, 3.63) is 5.56 Å². The first kappa shape index (κ1) is 22.1. The third kappa shape index (κ3) is 3.33. The number of hydrogen-bond acceptors (Lipinski definition) is 13. The Morgan fingerprint density at radius 2 is 1.43 bits per heavy atom. The Labute approximate surface area is 167 Å². The van der Waals surface area contributed by atoms with Gasteiger partial charge < -0.3 is 65.9 Å². The van der Waals surface area contributed by atoms with Gasteiger partial charge in [0.2, 0.25) is 23.0 Å². The number of ether oxygens (including phenoxy) is 2. The minimum absolute atomic E-state index is 0.0135. The van der Waals surface area contributed by atoms with Crippen LogP contribution in [0.2, 0.25) is 0 Å². The SMILES string of the molecule is O=C1NCC(O)(c2c(O)c(O)c(OC(O)(O)O)c(OC3(O)CCCC3)c2O)C1(O)O. The van der Waals surface area contributed by atoms with Crippen LogP contribution in [0.15, 0.2) is 0 Å². The van der Waals surface area contributed by atoms with E-state index in [1.807, 2.05) is 5.32 Å². The highest BCUT2D eigenvalue weighted by Crippen LogP contribution is 2.58. The average Bonchev–Trinajstić information content (AvgIpc) is 3.13. The predicted octanol–water partition coefficient (Wildman–Crippen LogP) is -3.59. The standard InChI is InChI=1S/C16H21NO13/c18-7-6(14(23)5-17-12(21)15(14,24)25)8(19)10(29-13(22)3-1-2-4-13)11(9(7)20)30-16(26,27)28/h18-20,22-28H,1-5H2,(H,17,21). The quantitative estimate of drug-likeness (QED) is 0.122. The molecule has 2 fully saturated rings. The lowest BCUT2D eigenvalue weighted by Crippen LogP contribution is -2.53. The molecule has 3 rings (SSSR count). The molecule has 1 atom stereocenters. The highest BCUT2D eigenvalue weighted by atomic mass is 16.9. The fourth-order valence-corrected chi connectivity index (χ4v) is 3.51. The van der Waals surface area contributed by atoms with Crippen LogP contribution in [0.3, 0.4) is 0 Å². The molecule has 1 aromatic carbocycles. The van der Waals surface area contributed by atoms with Crippen molar-refractivity contribution in [2.45, 2.75) is 49.0 Å². The second-order valence-electron chi connectivity index (χ2n) is 7.23. The summed E-state index contributed by atoms with van der Waals surface area (Å²) in [6.07, 6.45) is -2.97. The van der Waals surface area contributed by atoms with E-state index in [9.17, 15) is 40.5 Å². The summed E-state index contributed by atoms with van der Waals surface area (Å²) in [6.45, 7) is -0.951. The summed E-state index contributed by atoms with van der Waals surface area (Å²) in [6, 6.07) is 0. The zero-order chi connectivity index (χ0) is 22.7. The van der Waals surface area contributed by atoms with Crippen LogP contribution in [0.25, 0.3) is 0 Å². The molecule has 168 valence electrons. The molecular formula is C16H21NO13. The van der Waals surface area contributed by atoms with Crippen molar-refractivity contribution >= 4 is 5.91 Å². The molecule has 2 aliphatic rings. The molecule has 14 nitrogen and oxygen atoms in total. The van der Waals surface area contributed by atoms with E-state index >= 15 is 0 Å². The number of nitrogens with one attached hydrogen (secondary N) is 1. The van der Waals surface area contributed by atoms with Crippen molar-refractivity contribution in [2.24, 2.45) is 0 Å². The zero-order valence-corrected chi connectivity index (χ0v) is 15.2. The molecule has 1 amide bonds. The van der Waals surface area contributed by atoms with Crippen LogP contribution in [0.4, 0.5) is 0 Å². The molecule has 0 radical (unpaired) electrons. The second kappa shape index (κ2) is 6.71. The Balaban J connectivity index is 2.27. The van der Waals surface area contributed by atoms with Crippen molar-refractivity contribution in [2.75, 3.05) is 6.54 Å². The van der Waals surface area contributed by atoms with Crippen LogP contribution in [0, 0.1) is 0 Å². The van der Waals surface area contributed by atoms with Crippen molar-refractivity contribution in [3.63, 3.8) is 0 Å². The lowest BCUT2D eigenvalue weighted by molar-refractivity contribution is -0.420. The molecule has 1 heterocycles. The number of benzene rings is 1. The average molecular weight is 435 g/mol. The highest BCUT2D eigenvalue weighted by Gasteiger charge is 2.63. The van der Waals surface area contributed by atoms with Crippen molar-refractivity contribution < 1.29 is 65.3 Å². The van der Waals surface area contributed by atoms with Gasteiger partial charge >= 0.3 is 6.16 Å². The molecule has 0 aromatic heterocycles. The monoisotopic (exact) mass is 435 g/mol. The molecule has 1 aromatic rings. The third-order valence-electron chi connectivity index (χ3n) is 5.06. The van der Waals surface area contributed by atoms with Gasteiger partial charge in [-0.2, -0.15) is 0 Å². The predicted molar refractivity (Wildman–Crippen MR) is 89.6 cm³/mol. The van der Waals surface area contributed by atoms with E-state index in [0.29, 0.717) is 12.8 Å². The lowest BCUT2D eigenvalue weighted by Gasteiger charge is -2.34. The summed E-state index contributed by atoms with van der Waals surface area (Å²) < 4.78 is 9.52. The van der Waals surface area contributed by atoms with Gasteiger partial charge in [-0.1, -0.05) is 0 Å². The fourth-order valence-electron chi connectivity index (χ4n) is 3.51. The van der Waals surface area contributed by atoms with E-state index in [0.717, 1.165) is 0 Å². The van der Waals surface area contributed by atoms with Gasteiger partial charge in [-0.15, -0.1) is 0 Å². The number of β-amino-alcohol motifs (C(OH)–C–C–N with tert-alkyl or cyclic N) is 1. The van der Waals surface area contributed by atoms with Crippen LogP contribution in [-0.4, -0.2) is 81.3 Å². The third-order valence-corrected chi connectivity index (χ3v) is 5.06. The van der Waals surface area contributed by atoms with E-state index in [1.54, 1.807) is 0 Å². The van der Waals surface area contributed by atoms with Crippen LogP contribution in [-0.2, 0) is 10.4 Å². The Kier molecular flexibility index (Phi) is 4.94. The molecule has 1 saturated carbocycles. The van der Waals surface area contributed by atoms with Gasteiger partial charge in [0.25, 0.3) is 11.7 Å². The van der Waals surface area contributed by atoms with Crippen LogP contribution in [0.1, 0.15) is 31.2 Å². The maximum absolute atomic E-state index is 11.7. The summed E-state index contributed by atoms with van der Waals surface area (Å²) >= 11 is 0. The Morgan fingerprint density at radius 3 is 1.90 bits per heavy atom. The number of hydrogen-bond donors (Lipinski definition) is 11. The van der Waals surface area contributed by atoms with Gasteiger partial charge in [0.1, 0.15) is 0 Å². The van der Waals surface area contributed by atoms with Crippen molar-refractivity contribution in [1.29, 1.82) is 0 Å². The molecule has 1 unspecified atom stereocenters. The number of amides is 1. The molecule has 1 aliphatic heterocycles. The van der Waals surface area contributed by atoms with E-state index in [4.69, 9.17) is 20.1 Å². The molecule has 11 N–H and O–H groups in total. The van der Waals surface area contributed by atoms with Crippen molar-refractivity contribution in [1.82, 2.24) is 5.32 Å². The van der Waals surface area contributed by atoms with E-state index in [2.05, 4.69) is 4.74 Å². The van der Waals surface area contributed by atoms with E-state index in [-0.39, 0.29) is 12.8 Å². The van der Waals surface area contributed by atoms with Crippen LogP contribution in [0.5, 0.6) is 28.7 Å². The fraction of sp³-hybridized carbons (Fsp3) is 0.562. The first-order valence-electron chi connectivity index (χ1n) is 8.67. The van der Waals surface area contributed by atoms with Gasteiger partial charge in [0.05, 0.1) is 12.1 Å². The van der Waals surface area contributed by atoms with Gasteiger partial charge in [0, 0.05) is 12.8 Å². The summed E-state index contributed by atoms with van der Waals surface area (Å²) in [7, 11) is 0. The summed E-state index contributed by atoms with van der Waals surface area (Å²) in [4.78, 5) is 11.7. The summed E-state index contributed by atoms with van der Waals surface area (Å²) in [5.74, 6) is -13.8. The second-order valence-corrected chi connectivity index (χ2v) is 7.23. The normalized spacial score (nSPS) is 25.2. The molecule has 14 heteroatoms. The van der Waals surface area contributed by atoms with Gasteiger partial charge in [-0.05, 0) is 12.8 Å². The maximum Gasteiger partial charge on any atom is 0.453 e. The highest BCUT2D eigenvalue weighted by molar-refractivity contribution is 5.89. The van der Waals surface area contributed by atoms with Gasteiger partial charge in [0.15, 0.2) is 17.1 Å². The maximum atomic E-state index is 11.7. The topological polar surface area (TPSA) is 250 Å². The molecule has 1 aliphatic carbocycles. The summed E-state index contributed by atoms with van der Waals surface area (Å²) in [5, 5.41) is 102. The Bertz CT molecular complexity index is 871. The first-order chi connectivity index (χ1) is 13.6. The molecule has 0 spiro atoms. The number of aromatic hydroxyl groups is 3. The van der Waals surface area contributed by atoms with E-state index in [1.165, 1.54) is 0 Å². The number of aliphatic hydroxyl groups is 7.